The summed E-state index contributed by atoms with van der Waals surface area (Å²) < 4.78 is 22.5. The second-order valence-corrected chi connectivity index (χ2v) is 6.20. The summed E-state index contributed by atoms with van der Waals surface area (Å²) in [6, 6.07) is 0.354. The SMILES string of the molecule is CC(C)NCCS(=O)(=O)C(C)C. The molecule has 0 fully saturated rings. The normalized spacial score (nSPS) is 12.8. The van der Waals surface area contributed by atoms with Gasteiger partial charge in [0.1, 0.15) is 0 Å². The monoisotopic (exact) mass is 193 g/mol. The molecule has 0 unspecified atom stereocenters. The van der Waals surface area contributed by atoms with Crippen LogP contribution in [0.1, 0.15) is 27.7 Å². The standard InChI is InChI=1S/C8H19NO2S/c1-7(2)9-5-6-12(10,11)8(3)4/h7-9H,5-6H2,1-4H3. The van der Waals surface area contributed by atoms with E-state index in [1.807, 2.05) is 13.8 Å². The molecule has 3 nitrogen and oxygen atoms in total. The molecule has 0 bridgehead atoms. The molecule has 0 radical (unpaired) electrons. The van der Waals surface area contributed by atoms with Gasteiger partial charge in [-0.25, -0.2) is 8.42 Å². The number of nitrogens with one attached hydrogen (secondary N) is 1. The average molecular weight is 193 g/mol. The first-order chi connectivity index (χ1) is 5.36. The molecule has 0 aromatic heterocycles. The van der Waals surface area contributed by atoms with E-state index in [0.717, 1.165) is 0 Å². The van der Waals surface area contributed by atoms with Crippen molar-refractivity contribution in [1.82, 2.24) is 5.32 Å². The van der Waals surface area contributed by atoms with Crippen molar-refractivity contribution >= 4 is 9.84 Å². The Labute approximate surface area is 75.5 Å². The van der Waals surface area contributed by atoms with Crippen molar-refractivity contribution in [2.45, 2.75) is 39.0 Å². The second-order valence-electron chi connectivity index (χ2n) is 3.52. The third-order valence-corrected chi connectivity index (χ3v) is 3.87. The zero-order chi connectivity index (χ0) is 9.78. The van der Waals surface area contributed by atoms with Crippen LogP contribution >= 0.6 is 0 Å². The predicted molar refractivity (Wildman–Crippen MR) is 52.1 cm³/mol. The van der Waals surface area contributed by atoms with E-state index in [4.69, 9.17) is 0 Å². The quantitative estimate of drug-likeness (QED) is 0.703. The molecule has 0 aliphatic rings. The van der Waals surface area contributed by atoms with Crippen molar-refractivity contribution in [2.75, 3.05) is 12.3 Å². The Morgan fingerprint density at radius 2 is 1.67 bits per heavy atom. The van der Waals surface area contributed by atoms with Crippen LogP contribution in [-0.2, 0) is 9.84 Å². The Balaban J connectivity index is 3.79. The molecule has 0 saturated carbocycles. The Morgan fingerprint density at radius 1 is 1.17 bits per heavy atom. The molecule has 0 saturated heterocycles. The number of hydrogen-bond donors (Lipinski definition) is 1. The van der Waals surface area contributed by atoms with Gasteiger partial charge in [0.15, 0.2) is 9.84 Å². The zero-order valence-corrected chi connectivity index (χ0v) is 9.11. The number of hydrogen-bond acceptors (Lipinski definition) is 3. The van der Waals surface area contributed by atoms with Crippen molar-refractivity contribution in [3.05, 3.63) is 0 Å². The van der Waals surface area contributed by atoms with E-state index in [0.29, 0.717) is 12.6 Å². The zero-order valence-electron chi connectivity index (χ0n) is 8.29. The lowest BCUT2D eigenvalue weighted by molar-refractivity contribution is 0.571. The minimum absolute atomic E-state index is 0.239. The van der Waals surface area contributed by atoms with Gasteiger partial charge in [0.2, 0.25) is 0 Å². The molecule has 0 aromatic rings. The van der Waals surface area contributed by atoms with Crippen LogP contribution in [0.2, 0.25) is 0 Å². The van der Waals surface area contributed by atoms with Crippen molar-refractivity contribution in [3.8, 4) is 0 Å². The summed E-state index contributed by atoms with van der Waals surface area (Å²) in [7, 11) is -2.86. The van der Waals surface area contributed by atoms with E-state index in [9.17, 15) is 8.42 Å². The average Bonchev–Trinajstić information content (AvgIpc) is 1.85. The maximum Gasteiger partial charge on any atom is 0.153 e. The van der Waals surface area contributed by atoms with E-state index in [-0.39, 0.29) is 11.0 Å². The molecule has 0 heterocycles. The van der Waals surface area contributed by atoms with E-state index in [2.05, 4.69) is 5.32 Å². The molecule has 1 N–H and O–H groups in total. The largest absolute Gasteiger partial charge is 0.314 e. The minimum atomic E-state index is -2.86. The Kier molecular flexibility index (Phi) is 4.78. The summed E-state index contributed by atoms with van der Waals surface area (Å²) in [5, 5.41) is 2.82. The van der Waals surface area contributed by atoms with Crippen molar-refractivity contribution in [3.63, 3.8) is 0 Å². The van der Waals surface area contributed by atoms with E-state index in [1.54, 1.807) is 13.8 Å². The highest BCUT2D eigenvalue weighted by atomic mass is 32.2. The first kappa shape index (κ1) is 11.9. The number of sulfone groups is 1. The lowest BCUT2D eigenvalue weighted by Gasteiger charge is -2.10. The van der Waals surface area contributed by atoms with E-state index >= 15 is 0 Å². The van der Waals surface area contributed by atoms with Gasteiger partial charge in [-0.2, -0.15) is 0 Å². The van der Waals surface area contributed by atoms with Gasteiger partial charge in [-0.1, -0.05) is 13.8 Å². The fourth-order valence-electron chi connectivity index (χ4n) is 0.726. The fourth-order valence-corrected chi connectivity index (χ4v) is 1.60. The highest BCUT2D eigenvalue weighted by Gasteiger charge is 2.14. The van der Waals surface area contributed by atoms with Gasteiger partial charge >= 0.3 is 0 Å². The van der Waals surface area contributed by atoms with Crippen LogP contribution < -0.4 is 5.32 Å². The van der Waals surface area contributed by atoms with Crippen LogP contribution in [0, 0.1) is 0 Å². The van der Waals surface area contributed by atoms with E-state index < -0.39 is 9.84 Å². The van der Waals surface area contributed by atoms with Gasteiger partial charge in [0.25, 0.3) is 0 Å². The van der Waals surface area contributed by atoms with Crippen LogP contribution in [0.3, 0.4) is 0 Å². The predicted octanol–water partition coefficient (Wildman–Crippen LogP) is 0.808. The number of rotatable bonds is 5. The smallest absolute Gasteiger partial charge is 0.153 e. The first-order valence-electron chi connectivity index (χ1n) is 4.31. The molecule has 0 aromatic carbocycles. The highest BCUT2D eigenvalue weighted by Crippen LogP contribution is 1.99. The molecular weight excluding hydrogens is 174 g/mol. The van der Waals surface area contributed by atoms with Gasteiger partial charge in [-0.05, 0) is 13.8 Å². The van der Waals surface area contributed by atoms with Crippen LogP contribution in [0.25, 0.3) is 0 Å². The summed E-state index contributed by atoms with van der Waals surface area (Å²) in [6.45, 7) is 7.98. The van der Waals surface area contributed by atoms with Crippen LogP contribution in [-0.4, -0.2) is 32.0 Å². The lowest BCUT2D eigenvalue weighted by atomic mass is 10.4. The van der Waals surface area contributed by atoms with Gasteiger partial charge < -0.3 is 5.32 Å². The maximum atomic E-state index is 11.3. The molecule has 0 aliphatic carbocycles. The lowest BCUT2D eigenvalue weighted by Crippen LogP contribution is -2.31. The molecule has 0 rings (SSSR count). The van der Waals surface area contributed by atoms with Crippen LogP contribution in [0.15, 0.2) is 0 Å². The van der Waals surface area contributed by atoms with Gasteiger partial charge in [0, 0.05) is 12.6 Å². The van der Waals surface area contributed by atoms with Gasteiger partial charge in [0.05, 0.1) is 11.0 Å². The molecule has 4 heteroatoms. The molecule has 0 spiro atoms. The maximum absolute atomic E-state index is 11.3. The summed E-state index contributed by atoms with van der Waals surface area (Å²) in [5.74, 6) is 0.239. The van der Waals surface area contributed by atoms with E-state index in [1.165, 1.54) is 0 Å². The van der Waals surface area contributed by atoms with Gasteiger partial charge in [-0.15, -0.1) is 0 Å². The third kappa shape index (κ3) is 4.72. The van der Waals surface area contributed by atoms with Gasteiger partial charge in [-0.3, -0.25) is 0 Å². The molecule has 12 heavy (non-hydrogen) atoms. The van der Waals surface area contributed by atoms with Crippen LogP contribution in [0.5, 0.6) is 0 Å². The summed E-state index contributed by atoms with van der Waals surface area (Å²) in [6.07, 6.45) is 0. The Morgan fingerprint density at radius 3 is 2.00 bits per heavy atom. The fraction of sp³-hybridized carbons (Fsp3) is 1.00. The molecule has 0 amide bonds. The summed E-state index contributed by atoms with van der Waals surface area (Å²) in [4.78, 5) is 0. The highest BCUT2D eigenvalue weighted by molar-refractivity contribution is 7.92. The topological polar surface area (TPSA) is 46.2 Å². The summed E-state index contributed by atoms with van der Waals surface area (Å²) >= 11 is 0. The van der Waals surface area contributed by atoms with Crippen molar-refractivity contribution in [2.24, 2.45) is 0 Å². The summed E-state index contributed by atoms with van der Waals surface area (Å²) in [5.41, 5.74) is 0. The molecule has 0 aliphatic heterocycles. The van der Waals surface area contributed by atoms with Crippen molar-refractivity contribution in [1.29, 1.82) is 0 Å². The van der Waals surface area contributed by atoms with Crippen LogP contribution in [0.4, 0.5) is 0 Å². The Bertz CT molecular complexity index is 207. The second kappa shape index (κ2) is 4.82. The molecule has 0 atom stereocenters. The molecule has 74 valence electrons. The third-order valence-electron chi connectivity index (χ3n) is 1.66. The Hall–Kier alpha value is -0.0900. The first-order valence-corrected chi connectivity index (χ1v) is 6.02. The van der Waals surface area contributed by atoms with Crippen molar-refractivity contribution < 1.29 is 8.42 Å². The molecular formula is C8H19NO2S. The minimum Gasteiger partial charge on any atom is -0.314 e.